The zero-order valence-electron chi connectivity index (χ0n) is 7.22. The first kappa shape index (κ1) is 8.10. The van der Waals surface area contributed by atoms with Crippen LogP contribution < -0.4 is 0 Å². The summed E-state index contributed by atoms with van der Waals surface area (Å²) in [4.78, 5) is 0. The van der Waals surface area contributed by atoms with Gasteiger partial charge in [0.1, 0.15) is 0 Å². The van der Waals surface area contributed by atoms with Gasteiger partial charge in [-0.1, -0.05) is 0 Å². The van der Waals surface area contributed by atoms with Gasteiger partial charge in [0.05, 0.1) is 0 Å². The van der Waals surface area contributed by atoms with Crippen molar-refractivity contribution in [3.05, 3.63) is 22.2 Å². The minimum absolute atomic E-state index is 0.836. The second-order valence-corrected chi connectivity index (χ2v) is 8.91. The van der Waals surface area contributed by atoms with Crippen molar-refractivity contribution in [3.63, 3.8) is 0 Å². The van der Waals surface area contributed by atoms with Gasteiger partial charge in [-0.3, -0.25) is 0 Å². The van der Waals surface area contributed by atoms with E-state index in [0.717, 1.165) is 0 Å². The quantitative estimate of drug-likeness (QED) is 0.541. The molecule has 0 nitrogen and oxygen atoms in total. The summed E-state index contributed by atoms with van der Waals surface area (Å²) in [6.07, 6.45) is 5.75. The molecule has 60 valence electrons. The number of allylic oxidation sites excluding steroid dienone is 4. The second-order valence-electron chi connectivity index (χ2n) is 3.27. The van der Waals surface area contributed by atoms with Gasteiger partial charge in [0.2, 0.25) is 0 Å². The van der Waals surface area contributed by atoms with Crippen molar-refractivity contribution in [2.24, 2.45) is 0 Å². The van der Waals surface area contributed by atoms with Crippen molar-refractivity contribution < 1.29 is 12.8 Å². The predicted molar refractivity (Wildman–Crippen MR) is 44.0 cm³/mol. The molecule has 0 amide bonds. The van der Waals surface area contributed by atoms with E-state index in [1.807, 2.05) is 0 Å². The maximum atomic E-state index is 2.40. The zero-order chi connectivity index (χ0) is 7.78. The minimum atomic E-state index is -0.836. The molecule has 0 atom stereocenters. The number of rotatable bonds is 1. The fraction of sp³-hybridized carbons (Fsp3) is 0.556. The summed E-state index contributed by atoms with van der Waals surface area (Å²) in [7, 11) is 0. The third kappa shape index (κ3) is 1.53. The van der Waals surface area contributed by atoms with Gasteiger partial charge in [0, 0.05) is 0 Å². The third-order valence-electron chi connectivity index (χ3n) is 1.72. The number of hydrogen-bond acceptors (Lipinski definition) is 0. The third-order valence-corrected chi connectivity index (χ3v) is 4.38. The molecule has 0 aliphatic heterocycles. The Hall–Kier alpha value is -0.000519. The molecule has 10 heavy (non-hydrogen) atoms. The van der Waals surface area contributed by atoms with Gasteiger partial charge in [-0.15, -0.1) is 0 Å². The SMILES string of the molecule is CC1=[C]([Fe]([CH3])([CH3])[CH3])CC=C1. The summed E-state index contributed by atoms with van der Waals surface area (Å²) in [5.41, 5.74) is 1.52. The number of hydrogen-bond donors (Lipinski definition) is 0. The van der Waals surface area contributed by atoms with E-state index in [1.54, 1.807) is 4.47 Å². The molecule has 1 aliphatic carbocycles. The van der Waals surface area contributed by atoms with Gasteiger partial charge < -0.3 is 0 Å². The van der Waals surface area contributed by atoms with E-state index in [0.29, 0.717) is 0 Å². The van der Waals surface area contributed by atoms with Gasteiger partial charge in [-0.2, -0.15) is 0 Å². The molecule has 0 saturated heterocycles. The first-order chi connectivity index (χ1) is 4.52. The van der Waals surface area contributed by atoms with E-state index in [4.69, 9.17) is 0 Å². The van der Waals surface area contributed by atoms with Crippen molar-refractivity contribution in [2.75, 3.05) is 0 Å². The van der Waals surface area contributed by atoms with Gasteiger partial charge in [0.25, 0.3) is 0 Å². The van der Waals surface area contributed by atoms with Gasteiger partial charge in [-0.05, 0) is 0 Å². The Morgan fingerprint density at radius 3 is 2.10 bits per heavy atom. The van der Waals surface area contributed by atoms with Gasteiger partial charge in [-0.25, -0.2) is 0 Å². The molecule has 0 spiro atoms. The molecule has 0 unspecified atom stereocenters. The molecule has 0 aromatic heterocycles. The Morgan fingerprint density at radius 2 is 1.90 bits per heavy atom. The molecular weight excluding hydrogens is 164 g/mol. The summed E-state index contributed by atoms with van der Waals surface area (Å²) in [6.45, 7) is 2.23. The summed E-state index contributed by atoms with van der Waals surface area (Å²) >= 11 is -0.836. The van der Waals surface area contributed by atoms with E-state index in [1.165, 1.54) is 12.0 Å². The molecule has 0 aromatic rings. The molecule has 0 fully saturated rings. The topological polar surface area (TPSA) is 0 Å². The van der Waals surface area contributed by atoms with Crippen LogP contribution >= 0.6 is 0 Å². The van der Waals surface area contributed by atoms with Crippen molar-refractivity contribution in [3.8, 4) is 0 Å². The fourth-order valence-corrected chi connectivity index (χ4v) is 3.43. The monoisotopic (exact) mass is 180 g/mol. The molecule has 1 heteroatoms. The van der Waals surface area contributed by atoms with E-state index >= 15 is 0 Å². The van der Waals surface area contributed by atoms with Crippen LogP contribution in [-0.2, 0) is 12.8 Å². The van der Waals surface area contributed by atoms with E-state index < -0.39 is 12.8 Å². The van der Waals surface area contributed by atoms with Crippen LogP contribution in [0, 0.1) is 0 Å². The predicted octanol–water partition coefficient (Wildman–Crippen LogP) is 3.52. The normalized spacial score (nSPS) is 20.4. The second kappa shape index (κ2) is 2.56. The van der Waals surface area contributed by atoms with E-state index in [2.05, 4.69) is 36.5 Å². The van der Waals surface area contributed by atoms with Crippen LogP contribution in [0.4, 0.5) is 0 Å². The van der Waals surface area contributed by atoms with Crippen molar-refractivity contribution in [1.82, 2.24) is 0 Å². The average molecular weight is 180 g/mol. The Kier molecular flexibility index (Phi) is 2.07. The Morgan fingerprint density at radius 1 is 1.30 bits per heavy atom. The van der Waals surface area contributed by atoms with Crippen LogP contribution in [0.15, 0.2) is 22.2 Å². The fourth-order valence-electron chi connectivity index (χ4n) is 1.22. The first-order valence-corrected chi connectivity index (χ1v) is 7.24. The molecule has 0 aromatic carbocycles. The maximum absolute atomic E-state index is 2.40. The first-order valence-electron chi connectivity index (χ1n) is 3.37. The van der Waals surface area contributed by atoms with Crippen LogP contribution in [0.25, 0.3) is 0 Å². The molecule has 0 bridgehead atoms. The summed E-state index contributed by atoms with van der Waals surface area (Å²) in [6, 6.07) is 0. The van der Waals surface area contributed by atoms with Crippen molar-refractivity contribution >= 4 is 0 Å². The molecule has 0 radical (unpaired) electrons. The standard InChI is InChI=1S/C6H7.3CH3.Fe/c1-6-4-2-3-5-6;;;;/h2,4H,3H2,1H3;3*1H3;. The summed E-state index contributed by atoms with van der Waals surface area (Å²) in [5, 5.41) is 0. The molecule has 0 saturated carbocycles. The molecule has 0 N–H and O–H groups in total. The average Bonchev–Trinajstić information content (AvgIpc) is 2.11. The Balaban J connectivity index is 2.86. The van der Waals surface area contributed by atoms with Crippen molar-refractivity contribution in [1.29, 1.82) is 0 Å². The van der Waals surface area contributed by atoms with E-state index in [-0.39, 0.29) is 0 Å². The summed E-state index contributed by atoms with van der Waals surface area (Å²) in [5.74, 6) is 7.20. The summed E-state index contributed by atoms with van der Waals surface area (Å²) < 4.78 is 1.72. The van der Waals surface area contributed by atoms with Crippen molar-refractivity contribution in [2.45, 2.75) is 30.8 Å². The molecule has 1 aliphatic rings. The zero-order valence-corrected chi connectivity index (χ0v) is 8.32. The molecule has 0 heterocycles. The van der Waals surface area contributed by atoms with Crippen LogP contribution in [0.3, 0.4) is 0 Å². The van der Waals surface area contributed by atoms with Crippen LogP contribution in [0.5, 0.6) is 0 Å². The van der Waals surface area contributed by atoms with Gasteiger partial charge in [0.15, 0.2) is 0 Å². The molecular formula is C9H16Fe. The molecule has 1 rings (SSSR count). The van der Waals surface area contributed by atoms with Gasteiger partial charge >= 0.3 is 65.9 Å². The Bertz CT molecular complexity index is 191. The van der Waals surface area contributed by atoms with Crippen LogP contribution in [-0.4, -0.2) is 0 Å². The van der Waals surface area contributed by atoms with Crippen LogP contribution in [0.1, 0.15) is 13.3 Å². The Labute approximate surface area is 66.2 Å². The van der Waals surface area contributed by atoms with Crippen LogP contribution in [0.2, 0.25) is 17.5 Å². The van der Waals surface area contributed by atoms with E-state index in [9.17, 15) is 0 Å².